The molecule has 0 radical (unpaired) electrons. The van der Waals surface area contributed by atoms with Gasteiger partial charge in [0.25, 0.3) is 11.8 Å². The number of benzene rings is 3. The number of ether oxygens (including phenoxy) is 2. The van der Waals surface area contributed by atoms with E-state index in [4.69, 9.17) is 21.1 Å². The summed E-state index contributed by atoms with van der Waals surface area (Å²) < 4.78 is 11.1. The van der Waals surface area contributed by atoms with Gasteiger partial charge in [0.1, 0.15) is 18.1 Å². The molecule has 3 aromatic carbocycles. The molecule has 0 atom stereocenters. The van der Waals surface area contributed by atoms with Gasteiger partial charge in [-0.2, -0.15) is 0 Å². The van der Waals surface area contributed by atoms with Crippen molar-refractivity contribution < 1.29 is 19.1 Å². The summed E-state index contributed by atoms with van der Waals surface area (Å²) in [6, 6.07) is 19.7. The highest BCUT2D eigenvalue weighted by molar-refractivity contribution is 6.30. The fraction of sp³-hybridized carbons (Fsp3) is 0.167. The molecule has 160 valence electrons. The Morgan fingerprint density at radius 1 is 0.806 bits per heavy atom. The molecule has 3 rings (SSSR count). The van der Waals surface area contributed by atoms with Crippen molar-refractivity contribution in [3.8, 4) is 11.5 Å². The van der Waals surface area contributed by atoms with Crippen molar-refractivity contribution in [2.45, 2.75) is 20.5 Å². The summed E-state index contributed by atoms with van der Waals surface area (Å²) in [4.78, 5) is 24.2. The Hall–Kier alpha value is -3.51. The summed E-state index contributed by atoms with van der Waals surface area (Å²) in [7, 11) is 0. The molecule has 3 aromatic rings. The molecule has 0 saturated carbocycles. The monoisotopic (exact) mass is 438 g/mol. The van der Waals surface area contributed by atoms with Crippen LogP contribution in [-0.4, -0.2) is 18.4 Å². The van der Waals surface area contributed by atoms with Crippen LogP contribution in [0.25, 0.3) is 0 Å². The van der Waals surface area contributed by atoms with Gasteiger partial charge in [0.05, 0.1) is 0 Å². The minimum atomic E-state index is -0.458. The van der Waals surface area contributed by atoms with Crippen LogP contribution >= 0.6 is 11.6 Å². The predicted octanol–water partition coefficient (Wildman–Crippen LogP) is 4.38. The van der Waals surface area contributed by atoms with Gasteiger partial charge in [0.15, 0.2) is 6.61 Å². The van der Waals surface area contributed by atoms with E-state index in [-0.39, 0.29) is 6.61 Å². The third-order valence-corrected chi connectivity index (χ3v) is 4.57. The van der Waals surface area contributed by atoms with E-state index in [0.717, 1.165) is 16.7 Å². The largest absolute Gasteiger partial charge is 0.489 e. The lowest BCUT2D eigenvalue weighted by Crippen LogP contribution is -2.43. The quantitative estimate of drug-likeness (QED) is 0.537. The molecule has 0 bridgehead atoms. The van der Waals surface area contributed by atoms with E-state index in [1.54, 1.807) is 48.5 Å². The Kier molecular flexibility index (Phi) is 7.51. The van der Waals surface area contributed by atoms with Crippen LogP contribution in [0, 0.1) is 13.8 Å². The zero-order valence-electron chi connectivity index (χ0n) is 17.3. The number of hydrazine groups is 1. The van der Waals surface area contributed by atoms with E-state index in [2.05, 4.69) is 10.9 Å². The lowest BCUT2D eigenvalue weighted by Gasteiger charge is -2.10. The highest BCUT2D eigenvalue weighted by atomic mass is 35.5. The van der Waals surface area contributed by atoms with Crippen LogP contribution in [0.3, 0.4) is 0 Å². The van der Waals surface area contributed by atoms with Crippen LogP contribution < -0.4 is 20.3 Å². The first-order valence-electron chi connectivity index (χ1n) is 9.66. The molecule has 0 fully saturated rings. The van der Waals surface area contributed by atoms with Crippen molar-refractivity contribution >= 4 is 23.4 Å². The maximum atomic E-state index is 12.2. The number of hydrogen-bond acceptors (Lipinski definition) is 4. The summed E-state index contributed by atoms with van der Waals surface area (Å²) in [6.45, 7) is 4.06. The normalized spacial score (nSPS) is 10.3. The molecule has 31 heavy (non-hydrogen) atoms. The summed E-state index contributed by atoms with van der Waals surface area (Å²) in [5, 5.41) is 0.645. The van der Waals surface area contributed by atoms with E-state index in [1.807, 2.05) is 32.0 Å². The van der Waals surface area contributed by atoms with Gasteiger partial charge in [-0.1, -0.05) is 29.8 Å². The maximum absolute atomic E-state index is 12.2. The zero-order chi connectivity index (χ0) is 22.2. The lowest BCUT2D eigenvalue weighted by molar-refractivity contribution is -0.123. The number of carbonyl (C=O) groups is 2. The summed E-state index contributed by atoms with van der Waals surface area (Å²) >= 11 is 5.85. The molecular formula is C24H23ClN2O4. The predicted molar refractivity (Wildman–Crippen MR) is 119 cm³/mol. The van der Waals surface area contributed by atoms with Crippen molar-refractivity contribution in [2.75, 3.05) is 6.61 Å². The number of hydrogen-bond donors (Lipinski definition) is 2. The van der Waals surface area contributed by atoms with Crippen molar-refractivity contribution in [1.82, 2.24) is 10.9 Å². The molecule has 0 heterocycles. The van der Waals surface area contributed by atoms with Gasteiger partial charge in [-0.05, 0) is 79.1 Å². The molecule has 0 spiro atoms. The van der Waals surface area contributed by atoms with Crippen LogP contribution in [0.1, 0.15) is 27.0 Å². The average Bonchev–Trinajstić information content (AvgIpc) is 2.75. The minimum absolute atomic E-state index is 0.204. The zero-order valence-corrected chi connectivity index (χ0v) is 18.0. The average molecular weight is 439 g/mol. The second-order valence-corrected chi connectivity index (χ2v) is 7.49. The standard InChI is InChI=1S/C24H23ClN2O4/c1-16-11-17(2)13-22(12-16)31-15-23(28)26-27-24(29)19-5-3-18(4-6-19)14-30-21-9-7-20(25)8-10-21/h3-13H,14-15H2,1-2H3,(H,26,28)(H,27,29). The van der Waals surface area contributed by atoms with Crippen molar-refractivity contribution in [3.63, 3.8) is 0 Å². The van der Waals surface area contributed by atoms with E-state index < -0.39 is 11.8 Å². The molecule has 0 aromatic heterocycles. The number of halogens is 1. The highest BCUT2D eigenvalue weighted by Crippen LogP contribution is 2.17. The van der Waals surface area contributed by atoms with Crippen LogP contribution in [0.15, 0.2) is 66.7 Å². The minimum Gasteiger partial charge on any atom is -0.489 e. The van der Waals surface area contributed by atoms with Crippen molar-refractivity contribution in [1.29, 1.82) is 0 Å². The fourth-order valence-corrected chi connectivity index (χ4v) is 2.98. The number of aryl methyl sites for hydroxylation is 2. The van der Waals surface area contributed by atoms with Gasteiger partial charge in [0.2, 0.25) is 0 Å². The lowest BCUT2D eigenvalue weighted by atomic mass is 10.1. The Labute approximate surface area is 186 Å². The molecule has 0 aliphatic heterocycles. The van der Waals surface area contributed by atoms with E-state index in [9.17, 15) is 9.59 Å². The third-order valence-electron chi connectivity index (χ3n) is 4.32. The van der Waals surface area contributed by atoms with Gasteiger partial charge in [-0.25, -0.2) is 0 Å². The van der Waals surface area contributed by atoms with Crippen LogP contribution in [0.2, 0.25) is 5.02 Å². The molecule has 6 nitrogen and oxygen atoms in total. The van der Waals surface area contributed by atoms with Crippen LogP contribution in [0.5, 0.6) is 11.5 Å². The molecule has 7 heteroatoms. The molecule has 0 aliphatic carbocycles. The Morgan fingerprint density at radius 3 is 2.10 bits per heavy atom. The first-order valence-corrected chi connectivity index (χ1v) is 10.0. The Bertz CT molecular complexity index is 1030. The fourth-order valence-electron chi connectivity index (χ4n) is 2.85. The summed E-state index contributed by atoms with van der Waals surface area (Å²) in [6.07, 6.45) is 0. The molecule has 2 amide bonds. The number of carbonyl (C=O) groups excluding carboxylic acids is 2. The molecular weight excluding hydrogens is 416 g/mol. The molecule has 0 saturated heterocycles. The van der Waals surface area contributed by atoms with Gasteiger partial charge in [-0.3, -0.25) is 20.4 Å². The SMILES string of the molecule is Cc1cc(C)cc(OCC(=O)NNC(=O)c2ccc(COc3ccc(Cl)cc3)cc2)c1. The van der Waals surface area contributed by atoms with Gasteiger partial charge in [-0.15, -0.1) is 0 Å². The van der Waals surface area contributed by atoms with Crippen molar-refractivity contribution in [3.05, 3.63) is 94.0 Å². The maximum Gasteiger partial charge on any atom is 0.276 e. The van der Waals surface area contributed by atoms with Gasteiger partial charge >= 0.3 is 0 Å². The van der Waals surface area contributed by atoms with Gasteiger partial charge < -0.3 is 9.47 Å². The summed E-state index contributed by atoms with van der Waals surface area (Å²) in [5.41, 5.74) is 8.13. The van der Waals surface area contributed by atoms with Crippen molar-refractivity contribution in [2.24, 2.45) is 0 Å². The second-order valence-electron chi connectivity index (χ2n) is 7.05. The smallest absolute Gasteiger partial charge is 0.276 e. The topological polar surface area (TPSA) is 76.7 Å². The molecule has 0 aliphatic rings. The third kappa shape index (κ3) is 7.04. The Balaban J connectivity index is 1.43. The molecule has 0 unspecified atom stereocenters. The number of rotatable bonds is 7. The van der Waals surface area contributed by atoms with Gasteiger partial charge in [0, 0.05) is 10.6 Å². The van der Waals surface area contributed by atoms with Crippen LogP contribution in [0.4, 0.5) is 0 Å². The second kappa shape index (κ2) is 10.5. The van der Waals surface area contributed by atoms with E-state index in [0.29, 0.717) is 28.7 Å². The molecule has 2 N–H and O–H groups in total. The number of nitrogens with one attached hydrogen (secondary N) is 2. The van der Waals surface area contributed by atoms with E-state index in [1.165, 1.54) is 0 Å². The summed E-state index contributed by atoms with van der Waals surface area (Å²) in [5.74, 6) is 0.428. The van der Waals surface area contributed by atoms with E-state index >= 15 is 0 Å². The first-order chi connectivity index (χ1) is 14.9. The highest BCUT2D eigenvalue weighted by Gasteiger charge is 2.09. The Morgan fingerprint density at radius 2 is 1.45 bits per heavy atom. The van der Waals surface area contributed by atoms with Crippen LogP contribution in [-0.2, 0) is 11.4 Å². The number of amides is 2. The first kappa shape index (κ1) is 22.2.